The van der Waals surface area contributed by atoms with Gasteiger partial charge in [0.2, 0.25) is 0 Å². The number of pyridine rings is 1. The summed E-state index contributed by atoms with van der Waals surface area (Å²) in [5.41, 5.74) is 5.05. The van der Waals surface area contributed by atoms with E-state index >= 15 is 0 Å². The van der Waals surface area contributed by atoms with E-state index in [-0.39, 0.29) is 6.04 Å². The Morgan fingerprint density at radius 1 is 1.44 bits per heavy atom. The summed E-state index contributed by atoms with van der Waals surface area (Å²) in [5, 5.41) is 0. The number of hydrogen-bond acceptors (Lipinski definition) is 3. The van der Waals surface area contributed by atoms with E-state index < -0.39 is 0 Å². The number of nitrogens with zero attached hydrogens (tertiary/aromatic N) is 1. The van der Waals surface area contributed by atoms with Gasteiger partial charge in [0.05, 0.1) is 11.7 Å². The Morgan fingerprint density at radius 2 is 2.19 bits per heavy atom. The quantitative estimate of drug-likeness (QED) is 0.604. The Balaban J connectivity index is 2.03. The van der Waals surface area contributed by atoms with E-state index in [1.807, 2.05) is 13.0 Å². The molecule has 0 spiro atoms. The molecule has 3 nitrogen and oxygen atoms in total. The predicted octanol–water partition coefficient (Wildman–Crippen LogP) is 2.47. The standard InChI is InChI=1S/C13H21N3/c1-10-5-4-8-12(15-10)13(16-14)9-11-6-2-3-7-11/h4-5,8,11,13,16H,2-3,6-7,9,14H2,1H3. The van der Waals surface area contributed by atoms with Gasteiger partial charge in [-0.25, -0.2) is 0 Å². The largest absolute Gasteiger partial charge is 0.271 e. The molecule has 1 aromatic rings. The van der Waals surface area contributed by atoms with E-state index in [0.717, 1.165) is 23.7 Å². The number of hydrazine groups is 1. The molecule has 1 aliphatic rings. The molecular formula is C13H21N3. The van der Waals surface area contributed by atoms with Crippen molar-refractivity contribution in [2.75, 3.05) is 0 Å². The van der Waals surface area contributed by atoms with Gasteiger partial charge in [-0.2, -0.15) is 0 Å². The van der Waals surface area contributed by atoms with Gasteiger partial charge in [0.25, 0.3) is 0 Å². The van der Waals surface area contributed by atoms with Crippen LogP contribution in [0.3, 0.4) is 0 Å². The van der Waals surface area contributed by atoms with Gasteiger partial charge in [-0.3, -0.25) is 16.3 Å². The molecule has 3 heteroatoms. The summed E-state index contributed by atoms with van der Waals surface area (Å²) in [4.78, 5) is 4.54. The highest BCUT2D eigenvalue weighted by atomic mass is 15.2. The molecule has 0 aromatic carbocycles. The lowest BCUT2D eigenvalue weighted by Crippen LogP contribution is -2.30. The van der Waals surface area contributed by atoms with Crippen molar-refractivity contribution in [2.45, 2.75) is 45.1 Å². The first-order valence-corrected chi connectivity index (χ1v) is 6.19. The average Bonchev–Trinajstić information content (AvgIpc) is 2.78. The molecule has 1 atom stereocenters. The second-order valence-corrected chi connectivity index (χ2v) is 4.81. The highest BCUT2D eigenvalue weighted by Crippen LogP contribution is 2.32. The molecule has 0 aliphatic heterocycles. The highest BCUT2D eigenvalue weighted by Gasteiger charge is 2.21. The van der Waals surface area contributed by atoms with Gasteiger partial charge in [0, 0.05) is 5.69 Å². The summed E-state index contributed by atoms with van der Waals surface area (Å²) in [6.07, 6.45) is 6.58. The van der Waals surface area contributed by atoms with Crippen molar-refractivity contribution in [3.63, 3.8) is 0 Å². The molecule has 16 heavy (non-hydrogen) atoms. The monoisotopic (exact) mass is 219 g/mol. The normalized spacial score (nSPS) is 18.9. The van der Waals surface area contributed by atoms with Crippen LogP contribution in [0.5, 0.6) is 0 Å². The molecule has 0 amide bonds. The van der Waals surface area contributed by atoms with Gasteiger partial charge < -0.3 is 0 Å². The third-order valence-electron chi connectivity index (χ3n) is 3.51. The van der Waals surface area contributed by atoms with Crippen LogP contribution in [-0.2, 0) is 0 Å². The topological polar surface area (TPSA) is 50.9 Å². The molecule has 88 valence electrons. The summed E-state index contributed by atoms with van der Waals surface area (Å²) in [7, 11) is 0. The molecule has 1 heterocycles. The molecule has 0 saturated heterocycles. The van der Waals surface area contributed by atoms with Crippen LogP contribution in [0.2, 0.25) is 0 Å². The Kier molecular flexibility index (Phi) is 3.91. The molecule has 0 bridgehead atoms. The average molecular weight is 219 g/mol. The fourth-order valence-corrected chi connectivity index (χ4v) is 2.61. The van der Waals surface area contributed by atoms with Crippen LogP contribution < -0.4 is 11.3 Å². The van der Waals surface area contributed by atoms with Crippen molar-refractivity contribution in [3.05, 3.63) is 29.6 Å². The minimum Gasteiger partial charge on any atom is -0.271 e. The number of nitrogens with one attached hydrogen (secondary N) is 1. The van der Waals surface area contributed by atoms with Crippen LogP contribution >= 0.6 is 0 Å². The zero-order valence-corrected chi connectivity index (χ0v) is 9.95. The number of nitrogens with two attached hydrogens (primary N) is 1. The maximum atomic E-state index is 5.64. The fourth-order valence-electron chi connectivity index (χ4n) is 2.61. The fraction of sp³-hybridized carbons (Fsp3) is 0.615. The first-order chi connectivity index (χ1) is 7.79. The lowest BCUT2D eigenvalue weighted by Gasteiger charge is -2.19. The van der Waals surface area contributed by atoms with Gasteiger partial charge in [-0.05, 0) is 31.4 Å². The van der Waals surface area contributed by atoms with Crippen molar-refractivity contribution >= 4 is 0 Å². The Hall–Kier alpha value is -0.930. The van der Waals surface area contributed by atoms with Crippen LogP contribution in [0.4, 0.5) is 0 Å². The van der Waals surface area contributed by atoms with E-state index in [9.17, 15) is 0 Å². The van der Waals surface area contributed by atoms with E-state index in [1.54, 1.807) is 0 Å². The molecule has 1 fully saturated rings. The number of aromatic nitrogens is 1. The maximum absolute atomic E-state index is 5.64. The molecule has 1 unspecified atom stereocenters. The van der Waals surface area contributed by atoms with Crippen molar-refractivity contribution in [3.8, 4) is 0 Å². The highest BCUT2D eigenvalue weighted by molar-refractivity contribution is 5.13. The van der Waals surface area contributed by atoms with Crippen molar-refractivity contribution in [2.24, 2.45) is 11.8 Å². The Bertz CT molecular complexity index is 332. The van der Waals surface area contributed by atoms with E-state index in [2.05, 4.69) is 22.5 Å². The van der Waals surface area contributed by atoms with Gasteiger partial charge in [-0.15, -0.1) is 0 Å². The predicted molar refractivity (Wildman–Crippen MR) is 65.6 cm³/mol. The van der Waals surface area contributed by atoms with Gasteiger partial charge in [0.15, 0.2) is 0 Å². The molecule has 1 aromatic heterocycles. The molecule has 2 rings (SSSR count). The third-order valence-corrected chi connectivity index (χ3v) is 3.51. The van der Waals surface area contributed by atoms with E-state index in [0.29, 0.717) is 0 Å². The minimum atomic E-state index is 0.211. The lowest BCUT2D eigenvalue weighted by atomic mass is 9.96. The first kappa shape index (κ1) is 11.6. The maximum Gasteiger partial charge on any atom is 0.0634 e. The summed E-state index contributed by atoms with van der Waals surface area (Å²) in [6.45, 7) is 2.02. The van der Waals surface area contributed by atoms with Gasteiger partial charge in [-0.1, -0.05) is 31.7 Å². The summed E-state index contributed by atoms with van der Waals surface area (Å²) in [6, 6.07) is 6.35. The number of hydrogen-bond donors (Lipinski definition) is 2. The summed E-state index contributed by atoms with van der Waals surface area (Å²) in [5.74, 6) is 6.47. The number of rotatable bonds is 4. The lowest BCUT2D eigenvalue weighted by molar-refractivity contribution is 0.394. The van der Waals surface area contributed by atoms with Gasteiger partial charge >= 0.3 is 0 Å². The Labute approximate surface area is 97.4 Å². The zero-order chi connectivity index (χ0) is 11.4. The van der Waals surface area contributed by atoms with Crippen LogP contribution in [0.1, 0.15) is 49.5 Å². The zero-order valence-electron chi connectivity index (χ0n) is 9.95. The van der Waals surface area contributed by atoms with Crippen LogP contribution in [0.15, 0.2) is 18.2 Å². The summed E-state index contributed by atoms with van der Waals surface area (Å²) >= 11 is 0. The Morgan fingerprint density at radius 3 is 2.81 bits per heavy atom. The number of aryl methyl sites for hydroxylation is 1. The minimum absolute atomic E-state index is 0.211. The third kappa shape index (κ3) is 2.80. The summed E-state index contributed by atoms with van der Waals surface area (Å²) < 4.78 is 0. The van der Waals surface area contributed by atoms with Crippen molar-refractivity contribution in [1.82, 2.24) is 10.4 Å². The second kappa shape index (κ2) is 5.41. The molecular weight excluding hydrogens is 198 g/mol. The molecule has 0 radical (unpaired) electrons. The van der Waals surface area contributed by atoms with Crippen LogP contribution in [0.25, 0.3) is 0 Å². The molecule has 1 saturated carbocycles. The van der Waals surface area contributed by atoms with Crippen LogP contribution in [0, 0.1) is 12.8 Å². The van der Waals surface area contributed by atoms with E-state index in [4.69, 9.17) is 5.84 Å². The second-order valence-electron chi connectivity index (χ2n) is 4.81. The molecule has 3 N–H and O–H groups in total. The van der Waals surface area contributed by atoms with Crippen LogP contribution in [-0.4, -0.2) is 4.98 Å². The van der Waals surface area contributed by atoms with Crippen molar-refractivity contribution in [1.29, 1.82) is 0 Å². The molecule has 1 aliphatic carbocycles. The van der Waals surface area contributed by atoms with E-state index in [1.165, 1.54) is 25.7 Å². The smallest absolute Gasteiger partial charge is 0.0634 e. The first-order valence-electron chi connectivity index (χ1n) is 6.19. The van der Waals surface area contributed by atoms with Crippen molar-refractivity contribution < 1.29 is 0 Å². The SMILES string of the molecule is Cc1cccc(C(CC2CCCC2)NN)n1. The van der Waals surface area contributed by atoms with Gasteiger partial charge in [0.1, 0.15) is 0 Å².